The maximum absolute atomic E-state index is 12.2. The summed E-state index contributed by atoms with van der Waals surface area (Å²) >= 11 is 0. The number of nitrogens with zero attached hydrogens (tertiary/aromatic N) is 2. The van der Waals surface area contributed by atoms with Gasteiger partial charge in [0.15, 0.2) is 0 Å². The summed E-state index contributed by atoms with van der Waals surface area (Å²) in [7, 11) is 0. The largest absolute Gasteiger partial charge is 0.322 e. The number of carbonyl (C=O) groups excluding carboxylic acids is 1. The van der Waals surface area contributed by atoms with E-state index in [1.165, 1.54) is 0 Å². The van der Waals surface area contributed by atoms with Crippen LogP contribution < -0.4 is 5.32 Å². The lowest BCUT2D eigenvalue weighted by Gasteiger charge is -2.08. The maximum Gasteiger partial charge on any atom is 0.255 e. The van der Waals surface area contributed by atoms with Gasteiger partial charge in [-0.2, -0.15) is 5.10 Å². The lowest BCUT2D eigenvalue weighted by Crippen LogP contribution is -2.13. The van der Waals surface area contributed by atoms with Gasteiger partial charge in [0, 0.05) is 23.6 Å². The van der Waals surface area contributed by atoms with Gasteiger partial charge in [-0.3, -0.25) is 4.79 Å². The minimum absolute atomic E-state index is 0.0973. The van der Waals surface area contributed by atoms with Crippen LogP contribution in [-0.2, 0) is 0 Å². The normalized spacial score (nSPS) is 10.3. The fraction of sp³-hybridized carbons (Fsp3) is 0.0588. The van der Waals surface area contributed by atoms with Gasteiger partial charge in [-0.15, -0.1) is 0 Å². The Hall–Kier alpha value is -2.88. The van der Waals surface area contributed by atoms with Crippen LogP contribution in [0.3, 0.4) is 0 Å². The lowest BCUT2D eigenvalue weighted by atomic mass is 10.1. The molecule has 1 heterocycles. The van der Waals surface area contributed by atoms with Gasteiger partial charge in [0.2, 0.25) is 0 Å². The van der Waals surface area contributed by atoms with E-state index in [4.69, 9.17) is 0 Å². The van der Waals surface area contributed by atoms with Crippen molar-refractivity contribution in [2.24, 2.45) is 0 Å². The number of aromatic nitrogens is 2. The molecule has 0 aliphatic heterocycles. The first-order chi connectivity index (χ1) is 10.2. The van der Waals surface area contributed by atoms with Crippen molar-refractivity contribution in [1.82, 2.24) is 9.78 Å². The van der Waals surface area contributed by atoms with Crippen molar-refractivity contribution < 1.29 is 4.79 Å². The molecule has 0 saturated heterocycles. The van der Waals surface area contributed by atoms with Gasteiger partial charge in [-0.1, -0.05) is 18.2 Å². The summed E-state index contributed by atoms with van der Waals surface area (Å²) in [6, 6.07) is 17.0. The number of hydrogen-bond acceptors (Lipinski definition) is 2. The first kappa shape index (κ1) is 13.1. The fourth-order valence-electron chi connectivity index (χ4n) is 2.15. The summed E-state index contributed by atoms with van der Waals surface area (Å²) in [6.45, 7) is 1.93. The van der Waals surface area contributed by atoms with Crippen LogP contribution in [0.4, 0.5) is 5.69 Å². The number of anilines is 1. The molecule has 0 saturated carbocycles. The SMILES string of the molecule is Cc1ccccc1C(=O)Nc1ccc(-n2cccn2)cc1. The van der Waals surface area contributed by atoms with Crippen molar-refractivity contribution >= 4 is 11.6 Å². The molecule has 4 heteroatoms. The zero-order valence-electron chi connectivity index (χ0n) is 11.7. The smallest absolute Gasteiger partial charge is 0.255 e. The van der Waals surface area contributed by atoms with Crippen molar-refractivity contribution in [3.63, 3.8) is 0 Å². The molecule has 1 amide bonds. The topological polar surface area (TPSA) is 46.9 Å². The van der Waals surface area contributed by atoms with Gasteiger partial charge in [-0.05, 0) is 48.9 Å². The Morgan fingerprint density at radius 3 is 2.48 bits per heavy atom. The molecule has 3 rings (SSSR count). The predicted molar refractivity (Wildman–Crippen MR) is 82.7 cm³/mol. The molecule has 1 aromatic heterocycles. The quantitative estimate of drug-likeness (QED) is 0.797. The average molecular weight is 277 g/mol. The molecule has 0 aliphatic rings. The molecule has 0 unspecified atom stereocenters. The fourth-order valence-corrected chi connectivity index (χ4v) is 2.15. The van der Waals surface area contributed by atoms with Crippen LogP contribution in [0.25, 0.3) is 5.69 Å². The summed E-state index contributed by atoms with van der Waals surface area (Å²) < 4.78 is 1.77. The van der Waals surface area contributed by atoms with Crippen LogP contribution in [0.5, 0.6) is 0 Å². The van der Waals surface area contributed by atoms with E-state index in [1.54, 1.807) is 10.9 Å². The highest BCUT2D eigenvalue weighted by Crippen LogP contribution is 2.15. The predicted octanol–water partition coefficient (Wildman–Crippen LogP) is 3.43. The van der Waals surface area contributed by atoms with Crippen molar-refractivity contribution in [2.45, 2.75) is 6.92 Å². The van der Waals surface area contributed by atoms with E-state index in [0.717, 1.165) is 16.9 Å². The standard InChI is InChI=1S/C17H15N3O/c1-13-5-2-3-6-16(13)17(21)19-14-7-9-15(10-8-14)20-12-4-11-18-20/h2-12H,1H3,(H,19,21). The third kappa shape index (κ3) is 2.84. The third-order valence-corrected chi connectivity index (χ3v) is 3.28. The van der Waals surface area contributed by atoms with Crippen LogP contribution in [0, 0.1) is 6.92 Å². The summed E-state index contributed by atoms with van der Waals surface area (Å²) in [5.41, 5.74) is 3.37. The van der Waals surface area contributed by atoms with E-state index in [9.17, 15) is 4.79 Å². The molecule has 0 spiro atoms. The zero-order chi connectivity index (χ0) is 14.7. The molecular weight excluding hydrogens is 262 g/mol. The van der Waals surface area contributed by atoms with E-state index >= 15 is 0 Å². The van der Waals surface area contributed by atoms with Crippen LogP contribution in [0.1, 0.15) is 15.9 Å². The monoisotopic (exact) mass is 277 g/mol. The van der Waals surface area contributed by atoms with Gasteiger partial charge in [0.25, 0.3) is 5.91 Å². The number of rotatable bonds is 3. The average Bonchev–Trinajstić information content (AvgIpc) is 3.02. The van der Waals surface area contributed by atoms with E-state index < -0.39 is 0 Å². The van der Waals surface area contributed by atoms with E-state index in [2.05, 4.69) is 10.4 Å². The first-order valence-electron chi connectivity index (χ1n) is 6.71. The van der Waals surface area contributed by atoms with Crippen molar-refractivity contribution in [3.05, 3.63) is 78.1 Å². The molecule has 0 aliphatic carbocycles. The van der Waals surface area contributed by atoms with E-state index in [0.29, 0.717) is 5.56 Å². The molecule has 0 radical (unpaired) electrons. The molecule has 2 aromatic carbocycles. The molecule has 3 aromatic rings. The molecule has 0 fully saturated rings. The Bertz CT molecular complexity index is 746. The number of hydrogen-bond donors (Lipinski definition) is 1. The number of amides is 1. The number of carbonyl (C=O) groups is 1. The first-order valence-corrected chi connectivity index (χ1v) is 6.71. The molecule has 104 valence electrons. The van der Waals surface area contributed by atoms with E-state index in [-0.39, 0.29) is 5.91 Å². The highest BCUT2D eigenvalue weighted by atomic mass is 16.1. The Morgan fingerprint density at radius 1 is 1.05 bits per heavy atom. The molecule has 0 atom stereocenters. The van der Waals surface area contributed by atoms with Crippen molar-refractivity contribution in [3.8, 4) is 5.69 Å². The number of aryl methyl sites for hydroxylation is 1. The van der Waals surface area contributed by atoms with Gasteiger partial charge in [0.1, 0.15) is 0 Å². The summed E-state index contributed by atoms with van der Waals surface area (Å²) in [6.07, 6.45) is 3.61. The Kier molecular flexibility index (Phi) is 3.51. The minimum Gasteiger partial charge on any atom is -0.322 e. The second-order valence-electron chi connectivity index (χ2n) is 4.77. The summed E-state index contributed by atoms with van der Waals surface area (Å²) in [4.78, 5) is 12.2. The Labute approximate surface area is 123 Å². The Balaban J connectivity index is 1.77. The minimum atomic E-state index is -0.0973. The highest BCUT2D eigenvalue weighted by molar-refractivity contribution is 6.05. The molecular formula is C17H15N3O. The van der Waals surface area contributed by atoms with Gasteiger partial charge in [-0.25, -0.2) is 4.68 Å². The maximum atomic E-state index is 12.2. The number of benzene rings is 2. The van der Waals surface area contributed by atoms with Crippen LogP contribution in [0.15, 0.2) is 67.0 Å². The molecule has 0 bridgehead atoms. The second-order valence-corrected chi connectivity index (χ2v) is 4.77. The molecule has 4 nitrogen and oxygen atoms in total. The van der Waals surface area contributed by atoms with Crippen LogP contribution in [0.2, 0.25) is 0 Å². The van der Waals surface area contributed by atoms with Gasteiger partial charge in [0.05, 0.1) is 5.69 Å². The summed E-state index contributed by atoms with van der Waals surface area (Å²) in [5, 5.41) is 7.07. The van der Waals surface area contributed by atoms with Crippen molar-refractivity contribution in [1.29, 1.82) is 0 Å². The van der Waals surface area contributed by atoms with Crippen molar-refractivity contribution in [2.75, 3.05) is 5.32 Å². The van der Waals surface area contributed by atoms with Gasteiger partial charge >= 0.3 is 0 Å². The molecule has 1 N–H and O–H groups in total. The highest BCUT2D eigenvalue weighted by Gasteiger charge is 2.08. The molecule has 21 heavy (non-hydrogen) atoms. The van der Waals surface area contributed by atoms with E-state index in [1.807, 2.05) is 67.7 Å². The Morgan fingerprint density at radius 2 is 1.81 bits per heavy atom. The van der Waals surface area contributed by atoms with Gasteiger partial charge < -0.3 is 5.32 Å². The summed E-state index contributed by atoms with van der Waals surface area (Å²) in [5.74, 6) is -0.0973. The van der Waals surface area contributed by atoms with Crippen LogP contribution >= 0.6 is 0 Å². The number of nitrogens with one attached hydrogen (secondary N) is 1. The lowest BCUT2D eigenvalue weighted by molar-refractivity contribution is 0.102. The zero-order valence-corrected chi connectivity index (χ0v) is 11.7. The second kappa shape index (κ2) is 5.63. The third-order valence-electron chi connectivity index (χ3n) is 3.28. The van der Waals surface area contributed by atoms with Crippen LogP contribution in [-0.4, -0.2) is 15.7 Å².